The number of hydrogen-bond acceptors (Lipinski definition) is 2. The average Bonchev–Trinajstić information content (AvgIpc) is 2.58. The van der Waals surface area contributed by atoms with E-state index in [9.17, 15) is 9.19 Å². The molecule has 0 aliphatic carbocycles. The fourth-order valence-electron chi connectivity index (χ4n) is 3.38. The van der Waals surface area contributed by atoms with Gasteiger partial charge in [0, 0.05) is 5.56 Å². The lowest BCUT2D eigenvalue weighted by atomic mass is 9.83. The number of hydrogen-bond donors (Lipinski definition) is 1. The highest BCUT2D eigenvalue weighted by Crippen LogP contribution is 2.40. The van der Waals surface area contributed by atoms with Gasteiger partial charge in [0.25, 0.3) is 0 Å². The van der Waals surface area contributed by atoms with Crippen LogP contribution in [0.3, 0.4) is 0 Å². The van der Waals surface area contributed by atoms with E-state index in [-0.39, 0.29) is 16.3 Å². The van der Waals surface area contributed by atoms with Crippen molar-refractivity contribution in [2.45, 2.75) is 72.0 Å². The summed E-state index contributed by atoms with van der Waals surface area (Å²) in [6, 6.07) is 11.3. The van der Waals surface area contributed by atoms with E-state index in [1.165, 1.54) is 11.6 Å². The van der Waals surface area contributed by atoms with Gasteiger partial charge in [-0.25, -0.2) is 4.39 Å². The molecule has 0 unspecified atom stereocenters. The first-order valence-corrected chi connectivity index (χ1v) is 13.4. The SMILES string of the molecule is COc1ccc(F)c(-c2ccc(CCC(C)(C)[Si](C)(C)O)cc2CC(C)(C)C)c1. The number of methoxy groups -OCH3 is 1. The maximum atomic E-state index is 14.7. The number of benzene rings is 2. The van der Waals surface area contributed by atoms with Crippen LogP contribution in [0.15, 0.2) is 36.4 Å². The predicted octanol–water partition coefficient (Wildman–Crippen LogP) is 7.00. The summed E-state index contributed by atoms with van der Waals surface area (Å²) in [5, 5.41) is -0.0607. The van der Waals surface area contributed by atoms with Gasteiger partial charge in [0.2, 0.25) is 0 Å². The maximum absolute atomic E-state index is 14.7. The lowest BCUT2D eigenvalue weighted by Gasteiger charge is -2.35. The Morgan fingerprint density at radius 3 is 2.17 bits per heavy atom. The van der Waals surface area contributed by atoms with Crippen LogP contribution < -0.4 is 4.74 Å². The molecule has 0 aromatic heterocycles. The standard InChI is InChI=1S/C25H37FO2Si/c1-24(2,3)17-19-15-18(13-14-25(4,5)29(7,8)27)9-11-21(19)22-16-20(28-6)10-12-23(22)26/h9-12,15-16,27H,13-14,17H2,1-8H3. The van der Waals surface area contributed by atoms with Gasteiger partial charge in [-0.05, 0) is 77.7 Å². The van der Waals surface area contributed by atoms with E-state index in [0.717, 1.165) is 30.4 Å². The van der Waals surface area contributed by atoms with Gasteiger partial charge in [-0.15, -0.1) is 0 Å². The summed E-state index contributed by atoms with van der Waals surface area (Å²) in [6.07, 6.45) is 2.70. The number of rotatable bonds is 7. The van der Waals surface area contributed by atoms with Crippen molar-refractivity contribution >= 4 is 8.32 Å². The molecule has 2 aromatic rings. The summed E-state index contributed by atoms with van der Waals surface area (Å²) in [5.41, 5.74) is 3.99. The highest BCUT2D eigenvalue weighted by Gasteiger charge is 2.37. The number of halogens is 1. The molecular weight excluding hydrogens is 379 g/mol. The highest BCUT2D eigenvalue weighted by atomic mass is 28.4. The lowest BCUT2D eigenvalue weighted by molar-refractivity contribution is 0.411. The molecule has 0 spiro atoms. The first-order valence-electron chi connectivity index (χ1n) is 10.4. The molecule has 0 saturated carbocycles. The van der Waals surface area contributed by atoms with Crippen molar-refractivity contribution in [1.29, 1.82) is 0 Å². The van der Waals surface area contributed by atoms with Crippen molar-refractivity contribution in [2.24, 2.45) is 5.41 Å². The minimum Gasteiger partial charge on any atom is -0.497 e. The number of ether oxygens (including phenoxy) is 1. The zero-order valence-electron chi connectivity index (χ0n) is 19.3. The molecule has 2 nitrogen and oxygen atoms in total. The van der Waals surface area contributed by atoms with E-state index in [1.54, 1.807) is 19.2 Å². The van der Waals surface area contributed by atoms with E-state index in [2.05, 4.69) is 46.8 Å². The fourth-order valence-corrected chi connectivity index (χ4v) is 4.12. The van der Waals surface area contributed by atoms with E-state index in [0.29, 0.717) is 11.3 Å². The predicted molar refractivity (Wildman–Crippen MR) is 124 cm³/mol. The van der Waals surface area contributed by atoms with Gasteiger partial charge in [-0.1, -0.05) is 52.8 Å². The van der Waals surface area contributed by atoms with Gasteiger partial charge in [0.05, 0.1) is 7.11 Å². The van der Waals surface area contributed by atoms with Gasteiger partial charge in [0.1, 0.15) is 11.6 Å². The van der Waals surface area contributed by atoms with Crippen LogP contribution in [0.25, 0.3) is 11.1 Å². The third-order valence-electron chi connectivity index (χ3n) is 6.05. The Balaban J connectivity index is 2.44. The molecule has 0 saturated heterocycles. The molecule has 0 heterocycles. The second kappa shape index (κ2) is 8.61. The summed E-state index contributed by atoms with van der Waals surface area (Å²) in [5.74, 6) is 0.423. The molecule has 2 rings (SSSR count). The van der Waals surface area contributed by atoms with E-state index in [4.69, 9.17) is 4.74 Å². The summed E-state index contributed by atoms with van der Waals surface area (Å²) < 4.78 is 20.0. The van der Waals surface area contributed by atoms with Crippen molar-refractivity contribution in [3.05, 3.63) is 53.3 Å². The Bertz CT molecular complexity index is 845. The van der Waals surface area contributed by atoms with Gasteiger partial charge >= 0.3 is 0 Å². The van der Waals surface area contributed by atoms with E-state index < -0.39 is 8.32 Å². The molecule has 2 aromatic carbocycles. The highest BCUT2D eigenvalue weighted by molar-refractivity contribution is 6.72. The van der Waals surface area contributed by atoms with Crippen molar-refractivity contribution in [3.8, 4) is 16.9 Å². The van der Waals surface area contributed by atoms with Crippen LogP contribution in [0, 0.1) is 11.2 Å². The first-order chi connectivity index (χ1) is 13.2. The molecular formula is C25H37FO2Si. The Morgan fingerprint density at radius 2 is 1.62 bits per heavy atom. The number of aryl methyl sites for hydroxylation is 1. The summed E-state index contributed by atoms with van der Waals surface area (Å²) in [6.45, 7) is 14.9. The fraction of sp³-hybridized carbons (Fsp3) is 0.520. The van der Waals surface area contributed by atoms with E-state index in [1.807, 2.05) is 19.2 Å². The zero-order valence-corrected chi connectivity index (χ0v) is 20.3. The third kappa shape index (κ3) is 6.16. The molecule has 29 heavy (non-hydrogen) atoms. The monoisotopic (exact) mass is 416 g/mol. The average molecular weight is 417 g/mol. The molecule has 4 heteroatoms. The molecule has 0 fully saturated rings. The third-order valence-corrected chi connectivity index (χ3v) is 9.61. The molecule has 0 radical (unpaired) electrons. The summed E-state index contributed by atoms with van der Waals surface area (Å²) in [7, 11) is -0.634. The largest absolute Gasteiger partial charge is 0.497 e. The smallest absolute Gasteiger partial charge is 0.188 e. The Labute approximate surface area is 177 Å². The molecule has 0 bridgehead atoms. The quantitative estimate of drug-likeness (QED) is 0.492. The van der Waals surface area contributed by atoms with Crippen LogP contribution >= 0.6 is 0 Å². The molecule has 0 aliphatic rings. The maximum Gasteiger partial charge on any atom is 0.188 e. The van der Waals surface area contributed by atoms with Crippen LogP contribution in [0.2, 0.25) is 18.1 Å². The lowest BCUT2D eigenvalue weighted by Crippen LogP contribution is -2.39. The topological polar surface area (TPSA) is 29.5 Å². The minimum atomic E-state index is -2.24. The summed E-state index contributed by atoms with van der Waals surface area (Å²) >= 11 is 0. The van der Waals surface area contributed by atoms with Crippen LogP contribution in [-0.4, -0.2) is 20.2 Å². The van der Waals surface area contributed by atoms with Crippen molar-refractivity contribution in [1.82, 2.24) is 0 Å². The van der Waals surface area contributed by atoms with Gasteiger partial charge < -0.3 is 9.53 Å². The normalized spacial score (nSPS) is 12.9. The molecule has 0 atom stereocenters. The van der Waals surface area contributed by atoms with Crippen LogP contribution in [0.4, 0.5) is 4.39 Å². The van der Waals surface area contributed by atoms with Crippen LogP contribution in [0.5, 0.6) is 5.75 Å². The Morgan fingerprint density at radius 1 is 0.966 bits per heavy atom. The Kier molecular flexibility index (Phi) is 7.01. The second-order valence-corrected chi connectivity index (χ2v) is 15.0. The molecule has 160 valence electrons. The van der Waals surface area contributed by atoms with Crippen molar-refractivity contribution in [2.75, 3.05) is 7.11 Å². The first kappa shape index (κ1) is 23.6. The molecule has 0 amide bonds. The second-order valence-electron chi connectivity index (χ2n) is 10.5. The minimum absolute atomic E-state index is 0.0607. The van der Waals surface area contributed by atoms with Gasteiger partial charge in [0.15, 0.2) is 8.32 Å². The Hall–Kier alpha value is -1.65. The molecule has 1 N–H and O–H groups in total. The van der Waals surface area contributed by atoms with Crippen LogP contribution in [-0.2, 0) is 12.8 Å². The van der Waals surface area contributed by atoms with Gasteiger partial charge in [-0.2, -0.15) is 0 Å². The summed E-state index contributed by atoms with van der Waals surface area (Å²) in [4.78, 5) is 10.6. The van der Waals surface area contributed by atoms with E-state index >= 15 is 0 Å². The van der Waals surface area contributed by atoms with Crippen LogP contribution in [0.1, 0.15) is 52.2 Å². The van der Waals surface area contributed by atoms with Gasteiger partial charge in [-0.3, -0.25) is 0 Å². The molecule has 0 aliphatic heterocycles. The van der Waals surface area contributed by atoms with Crippen molar-refractivity contribution in [3.63, 3.8) is 0 Å². The zero-order chi connectivity index (χ0) is 22.0. The van der Waals surface area contributed by atoms with Crippen molar-refractivity contribution < 1.29 is 13.9 Å².